The second-order valence-corrected chi connectivity index (χ2v) is 6.63. The van der Waals surface area contributed by atoms with E-state index in [2.05, 4.69) is 13.5 Å². The van der Waals surface area contributed by atoms with Gasteiger partial charge in [-0.15, -0.1) is 30.1 Å². The highest BCUT2D eigenvalue weighted by atomic mass is 32.2. The average molecular weight is 204 g/mol. The summed E-state index contributed by atoms with van der Waals surface area (Å²) in [6.45, 7) is 7.62. The van der Waals surface area contributed by atoms with Crippen LogP contribution in [0.4, 0.5) is 0 Å². The Morgan fingerprint density at radius 1 is 1.50 bits per heavy atom. The number of thioether (sulfide) groups is 2. The molecule has 0 radical (unpaired) electrons. The van der Waals surface area contributed by atoms with Crippen molar-refractivity contribution in [1.29, 1.82) is 0 Å². The topological polar surface area (TPSA) is 20.2 Å². The summed E-state index contributed by atoms with van der Waals surface area (Å²) in [5.74, 6) is 2.29. The molecule has 1 saturated heterocycles. The Morgan fingerprint density at radius 3 is 2.42 bits per heavy atom. The fourth-order valence-corrected chi connectivity index (χ4v) is 4.24. The normalized spacial score (nSPS) is 27.6. The maximum absolute atomic E-state index is 10.0. The van der Waals surface area contributed by atoms with Crippen molar-refractivity contribution in [1.82, 2.24) is 0 Å². The molecule has 0 aromatic rings. The zero-order chi connectivity index (χ0) is 9.24. The highest BCUT2D eigenvalue weighted by Crippen LogP contribution is 2.49. The van der Waals surface area contributed by atoms with Crippen LogP contribution >= 0.6 is 23.5 Å². The summed E-state index contributed by atoms with van der Waals surface area (Å²) in [6, 6.07) is 0. The number of hydrogen-bond donors (Lipinski definition) is 1. The van der Waals surface area contributed by atoms with Gasteiger partial charge in [-0.1, -0.05) is 6.08 Å². The minimum absolute atomic E-state index is 0.104. The van der Waals surface area contributed by atoms with Crippen molar-refractivity contribution in [2.24, 2.45) is 0 Å². The molecular weight excluding hydrogens is 188 g/mol. The summed E-state index contributed by atoms with van der Waals surface area (Å²) in [4.78, 5) is 0. The zero-order valence-corrected chi connectivity index (χ0v) is 9.30. The Kier molecular flexibility index (Phi) is 3.18. The molecule has 1 atom stereocenters. The van der Waals surface area contributed by atoms with E-state index in [4.69, 9.17) is 0 Å². The molecule has 1 aliphatic heterocycles. The van der Waals surface area contributed by atoms with E-state index in [0.717, 1.165) is 11.5 Å². The lowest BCUT2D eigenvalue weighted by Gasteiger charge is -2.42. The molecule has 1 aliphatic rings. The molecule has 3 heteroatoms. The molecule has 0 aliphatic carbocycles. The lowest BCUT2D eigenvalue weighted by molar-refractivity contribution is 0.103. The Hall–Kier alpha value is 0.400. The molecule has 1 unspecified atom stereocenters. The molecule has 0 saturated carbocycles. The number of rotatable bonds is 2. The fourth-order valence-electron chi connectivity index (χ4n) is 1.11. The second kappa shape index (κ2) is 3.64. The van der Waals surface area contributed by atoms with Crippen LogP contribution in [-0.2, 0) is 0 Å². The van der Waals surface area contributed by atoms with Crippen molar-refractivity contribution < 1.29 is 5.11 Å². The number of aliphatic hydroxyl groups is 1. The summed E-state index contributed by atoms with van der Waals surface area (Å²) in [6.07, 6.45) is 2.90. The molecule has 0 spiro atoms. The third-order valence-corrected chi connectivity index (χ3v) is 5.98. The highest BCUT2D eigenvalue weighted by Gasteiger charge is 2.43. The Balaban J connectivity index is 2.74. The van der Waals surface area contributed by atoms with Crippen LogP contribution in [0.1, 0.15) is 20.3 Å². The van der Waals surface area contributed by atoms with Gasteiger partial charge in [-0.3, -0.25) is 0 Å². The lowest BCUT2D eigenvalue weighted by atomic mass is 10.0. The molecule has 0 amide bonds. The molecular formula is C9H16OS2. The van der Waals surface area contributed by atoms with Crippen LogP contribution in [0.15, 0.2) is 12.7 Å². The summed E-state index contributed by atoms with van der Waals surface area (Å²) < 4.78 is -0.104. The summed E-state index contributed by atoms with van der Waals surface area (Å²) in [5.41, 5.74) is -0.761. The van der Waals surface area contributed by atoms with Crippen LogP contribution in [0.25, 0.3) is 0 Å². The van der Waals surface area contributed by atoms with Gasteiger partial charge in [0.15, 0.2) is 0 Å². The van der Waals surface area contributed by atoms with Gasteiger partial charge < -0.3 is 5.11 Å². The minimum atomic E-state index is -0.761. The summed E-state index contributed by atoms with van der Waals surface area (Å²) in [5, 5.41) is 10.0. The average Bonchev–Trinajstić information content (AvgIpc) is 2.06. The van der Waals surface area contributed by atoms with Crippen molar-refractivity contribution in [3.8, 4) is 0 Å². The summed E-state index contributed by atoms with van der Waals surface area (Å²) >= 11 is 3.68. The van der Waals surface area contributed by atoms with Gasteiger partial charge in [0, 0.05) is 0 Å². The van der Waals surface area contributed by atoms with Crippen LogP contribution in [0.3, 0.4) is 0 Å². The maximum Gasteiger partial charge on any atom is 0.103 e. The van der Waals surface area contributed by atoms with Gasteiger partial charge in [0.1, 0.15) is 5.60 Å². The van der Waals surface area contributed by atoms with Crippen molar-refractivity contribution in [3.05, 3.63) is 12.7 Å². The van der Waals surface area contributed by atoms with Crippen LogP contribution < -0.4 is 0 Å². The second-order valence-electron chi connectivity index (χ2n) is 3.35. The van der Waals surface area contributed by atoms with Crippen molar-refractivity contribution >= 4 is 23.5 Å². The van der Waals surface area contributed by atoms with Gasteiger partial charge in [0.25, 0.3) is 0 Å². The number of hydrogen-bond acceptors (Lipinski definition) is 3. The Morgan fingerprint density at radius 2 is 2.00 bits per heavy atom. The highest BCUT2D eigenvalue weighted by molar-refractivity contribution is 8.18. The van der Waals surface area contributed by atoms with Crippen LogP contribution in [0.2, 0.25) is 0 Å². The van der Waals surface area contributed by atoms with Gasteiger partial charge in [0.05, 0.1) is 4.08 Å². The minimum Gasteiger partial charge on any atom is -0.384 e. The standard InChI is InChI=1S/C9H16OS2/c1-4-8(2,10)9(3)11-6-5-7-12-9/h4,10H,1,5-7H2,2-3H3. The zero-order valence-electron chi connectivity index (χ0n) is 7.67. The molecule has 0 aromatic heterocycles. The van der Waals surface area contributed by atoms with Gasteiger partial charge in [-0.2, -0.15) is 0 Å². The van der Waals surface area contributed by atoms with E-state index in [1.165, 1.54) is 6.42 Å². The molecule has 1 fully saturated rings. The van der Waals surface area contributed by atoms with Crippen LogP contribution in [0.5, 0.6) is 0 Å². The monoisotopic (exact) mass is 204 g/mol. The van der Waals surface area contributed by atoms with E-state index >= 15 is 0 Å². The van der Waals surface area contributed by atoms with E-state index in [-0.39, 0.29) is 4.08 Å². The van der Waals surface area contributed by atoms with E-state index in [1.807, 2.05) is 30.4 Å². The van der Waals surface area contributed by atoms with E-state index in [0.29, 0.717) is 0 Å². The molecule has 70 valence electrons. The van der Waals surface area contributed by atoms with Crippen LogP contribution in [-0.4, -0.2) is 26.3 Å². The lowest BCUT2D eigenvalue weighted by Crippen LogP contribution is -2.44. The van der Waals surface area contributed by atoms with E-state index in [1.54, 1.807) is 6.08 Å². The first kappa shape index (κ1) is 10.5. The Labute approximate surface area is 83.0 Å². The van der Waals surface area contributed by atoms with Gasteiger partial charge >= 0.3 is 0 Å². The molecule has 1 rings (SSSR count). The quantitative estimate of drug-likeness (QED) is 0.698. The van der Waals surface area contributed by atoms with Crippen molar-refractivity contribution in [3.63, 3.8) is 0 Å². The molecule has 1 heterocycles. The van der Waals surface area contributed by atoms with E-state index < -0.39 is 5.60 Å². The molecule has 0 aromatic carbocycles. The maximum atomic E-state index is 10.0. The van der Waals surface area contributed by atoms with Gasteiger partial charge in [-0.25, -0.2) is 0 Å². The van der Waals surface area contributed by atoms with Crippen LogP contribution in [0, 0.1) is 0 Å². The van der Waals surface area contributed by atoms with E-state index in [9.17, 15) is 5.11 Å². The smallest absolute Gasteiger partial charge is 0.103 e. The molecule has 12 heavy (non-hydrogen) atoms. The first-order chi connectivity index (χ1) is 5.52. The van der Waals surface area contributed by atoms with Gasteiger partial charge in [0.2, 0.25) is 0 Å². The third kappa shape index (κ3) is 1.83. The predicted molar refractivity (Wildman–Crippen MR) is 58.8 cm³/mol. The summed E-state index contributed by atoms with van der Waals surface area (Å²) in [7, 11) is 0. The first-order valence-corrected chi connectivity index (χ1v) is 6.13. The first-order valence-electron chi connectivity index (χ1n) is 4.16. The van der Waals surface area contributed by atoms with Crippen molar-refractivity contribution in [2.45, 2.75) is 29.9 Å². The fraction of sp³-hybridized carbons (Fsp3) is 0.778. The Bertz CT molecular complexity index is 171. The SMILES string of the molecule is C=CC(C)(O)C1(C)SCCCS1. The molecule has 0 bridgehead atoms. The molecule has 1 N–H and O–H groups in total. The van der Waals surface area contributed by atoms with Gasteiger partial charge in [-0.05, 0) is 31.8 Å². The largest absolute Gasteiger partial charge is 0.384 e. The molecule has 1 nitrogen and oxygen atoms in total. The predicted octanol–water partition coefficient (Wildman–Crippen LogP) is 2.51. The third-order valence-electron chi connectivity index (χ3n) is 2.36. The van der Waals surface area contributed by atoms with Crippen molar-refractivity contribution in [2.75, 3.05) is 11.5 Å².